The number of rotatable bonds is 5. The molecule has 2 aromatic rings. The van der Waals surface area contributed by atoms with Crippen molar-refractivity contribution >= 4 is 28.9 Å². The number of benzene rings is 2. The minimum absolute atomic E-state index is 0.228. The number of anilines is 1. The first kappa shape index (κ1) is 15.5. The van der Waals surface area contributed by atoms with Gasteiger partial charge in [0.2, 0.25) is 0 Å². The van der Waals surface area contributed by atoms with E-state index in [1.807, 2.05) is 12.1 Å². The van der Waals surface area contributed by atoms with E-state index in [1.165, 1.54) is 6.08 Å². The lowest BCUT2D eigenvalue weighted by molar-refractivity contribution is -0.120. The topological polar surface area (TPSA) is 98.5 Å². The van der Waals surface area contributed by atoms with E-state index in [2.05, 4.69) is 5.32 Å². The summed E-state index contributed by atoms with van der Waals surface area (Å²) < 4.78 is 5.13. The number of amides is 2. The molecule has 0 radical (unpaired) electrons. The van der Waals surface area contributed by atoms with Crippen molar-refractivity contribution in [2.75, 3.05) is 11.9 Å². The molecule has 1 aliphatic heterocycles. The molecule has 0 saturated heterocycles. The van der Waals surface area contributed by atoms with E-state index in [1.54, 1.807) is 36.4 Å². The summed E-state index contributed by atoms with van der Waals surface area (Å²) >= 11 is 0. The number of fused-ring (bicyclic) bond motifs is 1. The first-order chi connectivity index (χ1) is 11.5. The zero-order chi connectivity index (χ0) is 17.1. The summed E-state index contributed by atoms with van der Waals surface area (Å²) in [7, 11) is 0. The summed E-state index contributed by atoms with van der Waals surface area (Å²) in [6.45, 7) is -0.228. The fourth-order valence-corrected chi connectivity index (χ4v) is 2.37. The lowest BCUT2D eigenvalue weighted by Crippen LogP contribution is -2.20. The van der Waals surface area contributed by atoms with E-state index in [0.717, 1.165) is 0 Å². The van der Waals surface area contributed by atoms with E-state index >= 15 is 0 Å². The summed E-state index contributed by atoms with van der Waals surface area (Å²) in [6.07, 6.45) is 1.32. The van der Waals surface area contributed by atoms with E-state index in [0.29, 0.717) is 28.1 Å². The summed E-state index contributed by atoms with van der Waals surface area (Å²) in [5.41, 5.74) is 7.14. The Kier molecular flexibility index (Phi) is 4.11. The van der Waals surface area contributed by atoms with Gasteiger partial charge in [-0.2, -0.15) is 0 Å². The Morgan fingerprint density at radius 2 is 1.79 bits per heavy atom. The van der Waals surface area contributed by atoms with Gasteiger partial charge in [0, 0.05) is 16.8 Å². The van der Waals surface area contributed by atoms with Crippen LogP contribution in [0.25, 0.3) is 5.57 Å². The number of nitrogens with two attached hydrogens (primary N) is 1. The van der Waals surface area contributed by atoms with E-state index in [-0.39, 0.29) is 18.3 Å². The van der Waals surface area contributed by atoms with Gasteiger partial charge in [0.25, 0.3) is 11.8 Å². The van der Waals surface area contributed by atoms with E-state index in [9.17, 15) is 14.4 Å². The Morgan fingerprint density at radius 1 is 1.08 bits per heavy atom. The number of para-hydroxylation sites is 1. The van der Waals surface area contributed by atoms with Crippen molar-refractivity contribution in [3.05, 3.63) is 65.7 Å². The van der Waals surface area contributed by atoms with Crippen molar-refractivity contribution in [3.8, 4) is 5.75 Å². The van der Waals surface area contributed by atoms with Crippen LogP contribution in [0.2, 0.25) is 0 Å². The van der Waals surface area contributed by atoms with Gasteiger partial charge in [-0.05, 0) is 36.4 Å². The molecule has 2 amide bonds. The lowest BCUT2D eigenvalue weighted by Gasteiger charge is -2.04. The number of hydrogen-bond acceptors (Lipinski definition) is 4. The molecule has 3 rings (SSSR count). The average Bonchev–Trinajstić information content (AvgIpc) is 2.89. The molecule has 2 aromatic carbocycles. The summed E-state index contributed by atoms with van der Waals surface area (Å²) in [5.74, 6) is -0.739. The molecule has 0 spiro atoms. The standard InChI is InChI=1S/C18H14N2O4/c19-17(22)10-24-12-7-5-11(6-8-12)16(21)9-14-13-3-1-2-4-15(13)20-18(14)23/h1-9H,10H2,(H2,19,22)(H,20,23)/b14-9-. The molecule has 1 aliphatic rings. The molecule has 1 heterocycles. The van der Waals surface area contributed by atoms with Gasteiger partial charge in [-0.1, -0.05) is 18.2 Å². The first-order valence-electron chi connectivity index (χ1n) is 7.22. The Morgan fingerprint density at radius 3 is 2.50 bits per heavy atom. The summed E-state index contributed by atoms with van der Waals surface area (Å²) in [4.78, 5) is 35.0. The predicted molar refractivity (Wildman–Crippen MR) is 88.5 cm³/mol. The Bertz CT molecular complexity index is 854. The van der Waals surface area contributed by atoms with Gasteiger partial charge >= 0.3 is 0 Å². The molecule has 0 aliphatic carbocycles. The maximum absolute atomic E-state index is 12.4. The fraction of sp³-hybridized carbons (Fsp3) is 0.0556. The number of carbonyl (C=O) groups excluding carboxylic acids is 3. The van der Waals surface area contributed by atoms with Crippen LogP contribution in [0.5, 0.6) is 5.75 Å². The van der Waals surface area contributed by atoms with Crippen molar-refractivity contribution in [2.24, 2.45) is 5.73 Å². The monoisotopic (exact) mass is 322 g/mol. The summed E-state index contributed by atoms with van der Waals surface area (Å²) in [5, 5.41) is 2.72. The number of ketones is 1. The van der Waals surface area contributed by atoms with Gasteiger partial charge in [-0.25, -0.2) is 0 Å². The predicted octanol–water partition coefficient (Wildman–Crippen LogP) is 1.77. The Balaban J connectivity index is 1.80. The number of primary amides is 1. The molecule has 0 bridgehead atoms. The lowest BCUT2D eigenvalue weighted by atomic mass is 10.0. The van der Waals surface area contributed by atoms with Crippen LogP contribution >= 0.6 is 0 Å². The highest BCUT2D eigenvalue weighted by atomic mass is 16.5. The van der Waals surface area contributed by atoms with Gasteiger partial charge in [-0.15, -0.1) is 0 Å². The van der Waals surface area contributed by atoms with Crippen LogP contribution in [-0.4, -0.2) is 24.2 Å². The van der Waals surface area contributed by atoms with Crippen molar-refractivity contribution < 1.29 is 19.1 Å². The molecule has 0 unspecified atom stereocenters. The fourth-order valence-electron chi connectivity index (χ4n) is 2.37. The molecule has 120 valence electrons. The number of allylic oxidation sites excluding steroid dienone is 1. The molecular weight excluding hydrogens is 308 g/mol. The minimum atomic E-state index is -0.578. The van der Waals surface area contributed by atoms with Gasteiger partial charge in [0.05, 0.1) is 5.57 Å². The van der Waals surface area contributed by atoms with Crippen LogP contribution in [0.4, 0.5) is 5.69 Å². The van der Waals surface area contributed by atoms with Gasteiger partial charge in [-0.3, -0.25) is 14.4 Å². The maximum Gasteiger partial charge on any atom is 0.256 e. The highest BCUT2D eigenvalue weighted by molar-refractivity contribution is 6.35. The van der Waals surface area contributed by atoms with E-state index in [4.69, 9.17) is 10.5 Å². The van der Waals surface area contributed by atoms with Crippen LogP contribution in [0.3, 0.4) is 0 Å². The Labute approximate surface area is 137 Å². The third kappa shape index (κ3) is 3.17. The van der Waals surface area contributed by atoms with Crippen LogP contribution < -0.4 is 15.8 Å². The SMILES string of the molecule is NC(=O)COc1ccc(C(=O)/C=C2\C(=O)Nc3ccccc32)cc1. The molecular formula is C18H14N2O4. The van der Waals surface area contributed by atoms with Crippen molar-refractivity contribution in [1.29, 1.82) is 0 Å². The second kappa shape index (κ2) is 6.37. The largest absolute Gasteiger partial charge is 0.484 e. The van der Waals surface area contributed by atoms with Crippen molar-refractivity contribution in [1.82, 2.24) is 0 Å². The van der Waals surface area contributed by atoms with Crippen LogP contribution in [-0.2, 0) is 9.59 Å². The molecule has 3 N–H and O–H groups in total. The molecule has 0 atom stereocenters. The molecule has 6 heteroatoms. The van der Waals surface area contributed by atoms with E-state index < -0.39 is 5.91 Å². The zero-order valence-corrected chi connectivity index (χ0v) is 12.6. The third-order valence-electron chi connectivity index (χ3n) is 3.51. The molecule has 0 fully saturated rings. The van der Waals surface area contributed by atoms with Crippen LogP contribution in [0.1, 0.15) is 15.9 Å². The van der Waals surface area contributed by atoms with Gasteiger partial charge in [0.15, 0.2) is 12.4 Å². The molecule has 0 saturated carbocycles. The smallest absolute Gasteiger partial charge is 0.256 e. The van der Waals surface area contributed by atoms with Crippen molar-refractivity contribution in [3.63, 3.8) is 0 Å². The Hall–Kier alpha value is -3.41. The highest BCUT2D eigenvalue weighted by Gasteiger charge is 2.24. The van der Waals surface area contributed by atoms with Crippen LogP contribution in [0, 0.1) is 0 Å². The minimum Gasteiger partial charge on any atom is -0.484 e. The molecule has 24 heavy (non-hydrogen) atoms. The zero-order valence-electron chi connectivity index (χ0n) is 12.6. The number of carbonyl (C=O) groups is 3. The van der Waals surface area contributed by atoms with Crippen molar-refractivity contribution in [2.45, 2.75) is 0 Å². The number of ether oxygens (including phenoxy) is 1. The maximum atomic E-state index is 12.4. The molecule has 0 aromatic heterocycles. The normalized spacial score (nSPS) is 14.2. The second-order valence-corrected chi connectivity index (χ2v) is 5.20. The highest BCUT2D eigenvalue weighted by Crippen LogP contribution is 2.31. The van der Waals surface area contributed by atoms with Gasteiger partial charge < -0.3 is 15.8 Å². The quantitative estimate of drug-likeness (QED) is 0.647. The number of hydrogen-bond donors (Lipinski definition) is 2. The molecule has 6 nitrogen and oxygen atoms in total. The third-order valence-corrected chi connectivity index (χ3v) is 3.51. The first-order valence-corrected chi connectivity index (χ1v) is 7.22. The average molecular weight is 322 g/mol. The van der Waals surface area contributed by atoms with Gasteiger partial charge in [0.1, 0.15) is 5.75 Å². The number of nitrogens with one attached hydrogen (secondary N) is 1. The second-order valence-electron chi connectivity index (χ2n) is 5.20. The summed E-state index contributed by atoms with van der Waals surface area (Å²) in [6, 6.07) is 13.4. The van der Waals surface area contributed by atoms with Crippen LogP contribution in [0.15, 0.2) is 54.6 Å².